The van der Waals surface area contributed by atoms with Gasteiger partial charge in [0, 0.05) is 25.3 Å². The first-order chi connectivity index (χ1) is 10.0. The fraction of sp³-hybridized carbons (Fsp3) is 0.625. The summed E-state index contributed by atoms with van der Waals surface area (Å²) < 4.78 is 24.5. The lowest BCUT2D eigenvalue weighted by atomic mass is 10.2. The zero-order chi connectivity index (χ0) is 15.7. The summed E-state index contributed by atoms with van der Waals surface area (Å²) in [5.74, 6) is -0.173. The molecule has 21 heavy (non-hydrogen) atoms. The van der Waals surface area contributed by atoms with E-state index < -0.39 is 5.82 Å². The van der Waals surface area contributed by atoms with Crippen LogP contribution in [0.2, 0.25) is 0 Å². The molecule has 0 saturated carbocycles. The molecule has 4 nitrogen and oxygen atoms in total. The van der Waals surface area contributed by atoms with Gasteiger partial charge >= 0.3 is 0 Å². The minimum atomic E-state index is -0.420. The molecule has 0 unspecified atom stereocenters. The highest BCUT2D eigenvalue weighted by molar-refractivity contribution is 5.68. The van der Waals surface area contributed by atoms with Crippen LogP contribution in [0, 0.1) is 5.82 Å². The van der Waals surface area contributed by atoms with Gasteiger partial charge in [0.2, 0.25) is 0 Å². The van der Waals surface area contributed by atoms with Crippen molar-refractivity contribution in [2.24, 2.45) is 0 Å². The van der Waals surface area contributed by atoms with Gasteiger partial charge in [-0.25, -0.2) is 4.39 Å². The summed E-state index contributed by atoms with van der Waals surface area (Å²) >= 11 is 0. The maximum atomic E-state index is 13.7. The number of anilines is 2. The summed E-state index contributed by atoms with van der Waals surface area (Å²) in [6.07, 6.45) is 3.05. The predicted octanol–water partition coefficient (Wildman–Crippen LogP) is 3.81. The zero-order valence-corrected chi connectivity index (χ0v) is 13.2. The molecule has 0 aliphatic heterocycles. The molecule has 0 aliphatic carbocycles. The van der Waals surface area contributed by atoms with Gasteiger partial charge in [-0.05, 0) is 33.1 Å². The van der Waals surface area contributed by atoms with Crippen LogP contribution in [0.5, 0.6) is 5.75 Å². The number of rotatable bonds is 10. The second kappa shape index (κ2) is 9.45. The first kappa shape index (κ1) is 17.6. The van der Waals surface area contributed by atoms with Crippen molar-refractivity contribution in [1.29, 1.82) is 0 Å². The summed E-state index contributed by atoms with van der Waals surface area (Å²) in [6, 6.07) is 2.93. The van der Waals surface area contributed by atoms with Gasteiger partial charge in [-0.3, -0.25) is 0 Å². The fourth-order valence-corrected chi connectivity index (χ4v) is 1.81. The monoisotopic (exact) mass is 298 g/mol. The van der Waals surface area contributed by atoms with Gasteiger partial charge in [-0.15, -0.1) is 0 Å². The van der Waals surface area contributed by atoms with Crippen LogP contribution in [-0.4, -0.2) is 25.9 Å². The molecule has 0 aromatic heterocycles. The Labute approximate surface area is 126 Å². The highest BCUT2D eigenvalue weighted by Crippen LogP contribution is 2.28. The largest absolute Gasteiger partial charge is 0.490 e. The molecule has 120 valence electrons. The van der Waals surface area contributed by atoms with Crippen molar-refractivity contribution in [2.45, 2.75) is 46.1 Å². The number of ether oxygens (including phenoxy) is 2. The molecule has 1 aromatic rings. The predicted molar refractivity (Wildman–Crippen MR) is 85.4 cm³/mol. The molecule has 0 spiro atoms. The maximum Gasteiger partial charge on any atom is 0.167 e. The van der Waals surface area contributed by atoms with Crippen molar-refractivity contribution in [3.63, 3.8) is 0 Å². The van der Waals surface area contributed by atoms with Crippen molar-refractivity contribution in [3.05, 3.63) is 17.9 Å². The third kappa shape index (κ3) is 6.67. The molecule has 0 bridgehead atoms. The normalized spacial score (nSPS) is 10.9. The first-order valence-electron chi connectivity index (χ1n) is 7.61. The van der Waals surface area contributed by atoms with Crippen LogP contribution in [-0.2, 0) is 4.74 Å². The smallest absolute Gasteiger partial charge is 0.167 e. The number of nitrogens with two attached hydrogens (primary N) is 1. The van der Waals surface area contributed by atoms with Gasteiger partial charge in [-0.1, -0.05) is 6.92 Å². The summed E-state index contributed by atoms with van der Waals surface area (Å²) in [5.41, 5.74) is 6.93. The van der Waals surface area contributed by atoms with Gasteiger partial charge < -0.3 is 20.5 Å². The molecule has 0 saturated heterocycles. The van der Waals surface area contributed by atoms with Crippen molar-refractivity contribution in [1.82, 2.24) is 0 Å². The van der Waals surface area contributed by atoms with Crippen molar-refractivity contribution in [2.75, 3.05) is 30.8 Å². The Hall–Kier alpha value is -1.49. The Kier molecular flexibility index (Phi) is 7.90. The Morgan fingerprint density at radius 1 is 1.24 bits per heavy atom. The molecule has 0 radical (unpaired) electrons. The van der Waals surface area contributed by atoms with E-state index in [2.05, 4.69) is 5.32 Å². The van der Waals surface area contributed by atoms with Crippen LogP contribution >= 0.6 is 0 Å². The third-order valence-corrected chi connectivity index (χ3v) is 2.90. The van der Waals surface area contributed by atoms with E-state index in [4.69, 9.17) is 15.2 Å². The summed E-state index contributed by atoms with van der Waals surface area (Å²) in [6.45, 7) is 8.04. The molecule has 0 amide bonds. The molecule has 0 aliphatic rings. The topological polar surface area (TPSA) is 56.5 Å². The van der Waals surface area contributed by atoms with Crippen LogP contribution in [0.4, 0.5) is 15.8 Å². The standard InChI is InChI=1S/C16H27FN2O2/c1-4-8-21-16-11-15(14(18)10-13(16)17)19-7-5-6-9-20-12(2)3/h10-12,19H,4-9,18H2,1-3H3. The van der Waals surface area contributed by atoms with Crippen LogP contribution < -0.4 is 15.8 Å². The van der Waals surface area contributed by atoms with Crippen LogP contribution in [0.15, 0.2) is 12.1 Å². The van der Waals surface area contributed by atoms with Gasteiger partial charge in [0.05, 0.1) is 24.1 Å². The number of nitrogen functional groups attached to an aromatic ring is 1. The number of unbranched alkanes of at least 4 members (excludes halogenated alkanes) is 1. The lowest BCUT2D eigenvalue weighted by Gasteiger charge is -2.13. The molecule has 5 heteroatoms. The quantitative estimate of drug-likeness (QED) is 0.509. The average Bonchev–Trinajstić information content (AvgIpc) is 2.43. The molecule has 3 N–H and O–H groups in total. The summed E-state index contributed by atoms with van der Waals surface area (Å²) in [7, 11) is 0. The molecule has 0 atom stereocenters. The molecule has 0 heterocycles. The Morgan fingerprint density at radius 2 is 2.00 bits per heavy atom. The van der Waals surface area contributed by atoms with Crippen LogP contribution in [0.25, 0.3) is 0 Å². The van der Waals surface area contributed by atoms with Gasteiger partial charge in [0.25, 0.3) is 0 Å². The van der Waals surface area contributed by atoms with Gasteiger partial charge in [-0.2, -0.15) is 0 Å². The Morgan fingerprint density at radius 3 is 2.67 bits per heavy atom. The number of benzene rings is 1. The van der Waals surface area contributed by atoms with Gasteiger partial charge in [0.15, 0.2) is 11.6 Å². The van der Waals surface area contributed by atoms with E-state index in [0.29, 0.717) is 18.0 Å². The second-order valence-corrected chi connectivity index (χ2v) is 5.27. The SMILES string of the molecule is CCCOc1cc(NCCCCOC(C)C)c(N)cc1F. The van der Waals surface area contributed by atoms with Crippen LogP contribution in [0.1, 0.15) is 40.0 Å². The maximum absolute atomic E-state index is 13.7. The summed E-state index contributed by atoms with van der Waals surface area (Å²) in [5, 5.41) is 3.22. The number of halogens is 1. The molecule has 0 fully saturated rings. The lowest BCUT2D eigenvalue weighted by molar-refractivity contribution is 0.0765. The van der Waals surface area contributed by atoms with E-state index >= 15 is 0 Å². The van der Waals surface area contributed by atoms with Gasteiger partial charge in [0.1, 0.15) is 0 Å². The average molecular weight is 298 g/mol. The lowest BCUT2D eigenvalue weighted by Crippen LogP contribution is -2.08. The van der Waals surface area contributed by atoms with Crippen molar-refractivity contribution in [3.8, 4) is 5.75 Å². The molecule has 1 aromatic carbocycles. The van der Waals surface area contributed by atoms with E-state index in [9.17, 15) is 4.39 Å². The van der Waals surface area contributed by atoms with Crippen LogP contribution in [0.3, 0.4) is 0 Å². The van der Waals surface area contributed by atoms with E-state index in [0.717, 1.165) is 32.4 Å². The zero-order valence-electron chi connectivity index (χ0n) is 13.2. The highest BCUT2D eigenvalue weighted by Gasteiger charge is 2.08. The number of nitrogens with one attached hydrogen (secondary N) is 1. The second-order valence-electron chi connectivity index (χ2n) is 5.27. The minimum Gasteiger partial charge on any atom is -0.490 e. The Balaban J connectivity index is 2.43. The fourth-order valence-electron chi connectivity index (χ4n) is 1.81. The third-order valence-electron chi connectivity index (χ3n) is 2.90. The first-order valence-corrected chi connectivity index (χ1v) is 7.61. The van der Waals surface area contributed by atoms with E-state index in [1.165, 1.54) is 6.07 Å². The van der Waals surface area contributed by atoms with Crippen molar-refractivity contribution >= 4 is 11.4 Å². The van der Waals surface area contributed by atoms with E-state index in [1.807, 2.05) is 20.8 Å². The molecule has 1 rings (SSSR count). The highest BCUT2D eigenvalue weighted by atomic mass is 19.1. The summed E-state index contributed by atoms with van der Waals surface area (Å²) in [4.78, 5) is 0. The Bertz CT molecular complexity index is 425. The molecular formula is C16H27FN2O2. The molecular weight excluding hydrogens is 271 g/mol. The van der Waals surface area contributed by atoms with E-state index in [-0.39, 0.29) is 11.9 Å². The number of hydrogen-bond donors (Lipinski definition) is 2. The minimum absolute atomic E-state index is 0.247. The van der Waals surface area contributed by atoms with E-state index in [1.54, 1.807) is 6.07 Å². The number of hydrogen-bond acceptors (Lipinski definition) is 4. The van der Waals surface area contributed by atoms with Crippen molar-refractivity contribution < 1.29 is 13.9 Å².